The zero-order valence-electron chi connectivity index (χ0n) is 16.5. The summed E-state index contributed by atoms with van der Waals surface area (Å²) in [4.78, 5) is 24.0. The van der Waals surface area contributed by atoms with Gasteiger partial charge in [0.2, 0.25) is 0 Å². The Bertz CT molecular complexity index is 585. The monoisotopic (exact) mass is 383 g/mol. The van der Waals surface area contributed by atoms with E-state index in [0.29, 0.717) is 18.0 Å². The summed E-state index contributed by atoms with van der Waals surface area (Å²) in [5.41, 5.74) is -0.208. The van der Waals surface area contributed by atoms with Gasteiger partial charge in [-0.15, -0.1) is 0 Å². The number of ether oxygens (including phenoxy) is 2. The first-order valence-corrected chi connectivity index (χ1v) is 9.18. The number of carbonyl (C=O) groups is 2. The Morgan fingerprint density at radius 2 is 1.62 bits per heavy atom. The van der Waals surface area contributed by atoms with Crippen molar-refractivity contribution in [3.05, 3.63) is 34.9 Å². The van der Waals surface area contributed by atoms with E-state index in [-0.39, 0.29) is 18.3 Å². The van der Waals surface area contributed by atoms with Crippen LogP contribution in [0.4, 0.5) is 4.79 Å². The van der Waals surface area contributed by atoms with Crippen molar-refractivity contribution >= 4 is 23.7 Å². The number of esters is 1. The Morgan fingerprint density at radius 1 is 1.04 bits per heavy atom. The number of benzene rings is 1. The summed E-state index contributed by atoms with van der Waals surface area (Å²) in [7, 11) is 0. The molecule has 6 heteroatoms. The third kappa shape index (κ3) is 9.09. The number of rotatable bonds is 6. The summed E-state index contributed by atoms with van der Waals surface area (Å²) >= 11 is 6.30. The molecular formula is C20H30ClNO4. The van der Waals surface area contributed by atoms with Crippen molar-refractivity contribution in [2.75, 3.05) is 6.54 Å². The van der Waals surface area contributed by atoms with Crippen molar-refractivity contribution in [3.8, 4) is 0 Å². The highest BCUT2D eigenvalue weighted by atomic mass is 35.5. The van der Waals surface area contributed by atoms with Crippen LogP contribution in [0.25, 0.3) is 0 Å². The molecule has 0 aliphatic rings. The second kappa shape index (κ2) is 9.26. The van der Waals surface area contributed by atoms with E-state index in [4.69, 9.17) is 21.1 Å². The fraction of sp³-hybridized carbons (Fsp3) is 0.600. The van der Waals surface area contributed by atoms with Crippen LogP contribution >= 0.6 is 11.6 Å². The highest BCUT2D eigenvalue weighted by Gasteiger charge is 2.22. The fourth-order valence-corrected chi connectivity index (χ4v) is 2.67. The molecule has 1 unspecified atom stereocenters. The Morgan fingerprint density at radius 3 is 2.15 bits per heavy atom. The van der Waals surface area contributed by atoms with Crippen LogP contribution in [-0.4, -0.2) is 29.8 Å². The van der Waals surface area contributed by atoms with Crippen LogP contribution in [0.1, 0.15) is 65.9 Å². The summed E-state index contributed by atoms with van der Waals surface area (Å²) < 4.78 is 10.6. The molecular weight excluding hydrogens is 354 g/mol. The van der Waals surface area contributed by atoms with E-state index in [1.807, 2.05) is 39.0 Å². The normalized spacial score (nSPS) is 13.0. The van der Waals surface area contributed by atoms with Gasteiger partial charge in [-0.25, -0.2) is 4.79 Å². The van der Waals surface area contributed by atoms with Crippen molar-refractivity contribution < 1.29 is 19.1 Å². The van der Waals surface area contributed by atoms with E-state index in [9.17, 15) is 9.59 Å². The third-order valence-electron chi connectivity index (χ3n) is 3.35. The zero-order chi connectivity index (χ0) is 20.0. The molecule has 1 amide bonds. The molecule has 1 aromatic rings. The van der Waals surface area contributed by atoms with Crippen molar-refractivity contribution in [2.24, 2.45) is 0 Å². The minimum Gasteiger partial charge on any atom is -0.460 e. The molecule has 1 rings (SSSR count). The van der Waals surface area contributed by atoms with Gasteiger partial charge in [-0.1, -0.05) is 29.8 Å². The van der Waals surface area contributed by atoms with Crippen molar-refractivity contribution in [3.63, 3.8) is 0 Å². The molecule has 0 fully saturated rings. The molecule has 0 aromatic heterocycles. The summed E-state index contributed by atoms with van der Waals surface area (Å²) in [6, 6.07) is 7.43. The lowest BCUT2D eigenvalue weighted by Crippen LogP contribution is -2.35. The van der Waals surface area contributed by atoms with Crippen molar-refractivity contribution in [1.29, 1.82) is 0 Å². The van der Waals surface area contributed by atoms with Crippen LogP contribution in [0.15, 0.2) is 24.3 Å². The first kappa shape index (κ1) is 22.3. The van der Waals surface area contributed by atoms with Crippen LogP contribution in [0.5, 0.6) is 0 Å². The lowest BCUT2D eigenvalue weighted by Gasteiger charge is -2.23. The fourth-order valence-electron chi connectivity index (χ4n) is 2.38. The standard InChI is InChI=1S/C20H30ClNO4/c1-19(2,3)25-17(23)12-11-14(15-9-7-8-10-16(15)21)13-22-18(24)26-20(4,5)6/h7-10,14H,11-13H2,1-6H3,(H,22,24). The van der Waals surface area contributed by atoms with Gasteiger partial charge in [-0.2, -0.15) is 0 Å². The summed E-state index contributed by atoms with van der Waals surface area (Å²) in [5, 5.41) is 3.37. The molecule has 0 saturated carbocycles. The second-order valence-corrected chi connectivity index (χ2v) is 8.63. The summed E-state index contributed by atoms with van der Waals surface area (Å²) in [6.07, 6.45) is 0.254. The smallest absolute Gasteiger partial charge is 0.407 e. The molecule has 146 valence electrons. The minimum absolute atomic E-state index is 0.122. The average molecular weight is 384 g/mol. The van der Waals surface area contributed by atoms with Crippen LogP contribution in [-0.2, 0) is 14.3 Å². The van der Waals surface area contributed by atoms with E-state index < -0.39 is 17.3 Å². The average Bonchev–Trinajstić information content (AvgIpc) is 2.44. The molecule has 1 aromatic carbocycles. The molecule has 0 aliphatic heterocycles. The minimum atomic E-state index is -0.569. The number of carbonyl (C=O) groups excluding carboxylic acids is 2. The van der Waals surface area contributed by atoms with Gasteiger partial charge in [0.1, 0.15) is 11.2 Å². The largest absolute Gasteiger partial charge is 0.460 e. The maximum atomic E-state index is 12.0. The number of halogens is 1. The molecule has 0 spiro atoms. The second-order valence-electron chi connectivity index (χ2n) is 8.23. The molecule has 1 atom stereocenters. The van der Waals surface area contributed by atoms with Gasteiger partial charge in [0.25, 0.3) is 0 Å². The van der Waals surface area contributed by atoms with Gasteiger partial charge >= 0.3 is 12.1 Å². The highest BCUT2D eigenvalue weighted by Crippen LogP contribution is 2.28. The SMILES string of the molecule is CC(C)(C)OC(=O)CCC(CNC(=O)OC(C)(C)C)c1ccccc1Cl. The number of amides is 1. The lowest BCUT2D eigenvalue weighted by atomic mass is 9.94. The zero-order valence-corrected chi connectivity index (χ0v) is 17.3. The number of hydrogen-bond acceptors (Lipinski definition) is 4. The number of nitrogens with one attached hydrogen (secondary N) is 1. The summed E-state index contributed by atoms with van der Waals surface area (Å²) in [5.74, 6) is -0.393. The quantitative estimate of drug-likeness (QED) is 0.696. The molecule has 1 N–H and O–H groups in total. The first-order chi connectivity index (χ1) is 11.9. The molecule has 0 radical (unpaired) electrons. The van der Waals surface area contributed by atoms with Crippen LogP contribution in [0, 0.1) is 0 Å². The van der Waals surface area contributed by atoms with Gasteiger partial charge < -0.3 is 14.8 Å². The Labute approximate surface area is 161 Å². The van der Waals surface area contributed by atoms with E-state index in [1.54, 1.807) is 26.8 Å². The molecule has 0 heterocycles. The number of alkyl carbamates (subject to hydrolysis) is 1. The Kier molecular flexibility index (Phi) is 7.94. The maximum absolute atomic E-state index is 12.0. The first-order valence-electron chi connectivity index (χ1n) is 8.80. The topological polar surface area (TPSA) is 64.6 Å². The Balaban J connectivity index is 2.76. The van der Waals surface area contributed by atoms with E-state index >= 15 is 0 Å². The Hall–Kier alpha value is -1.75. The van der Waals surface area contributed by atoms with Gasteiger partial charge in [0.05, 0.1) is 0 Å². The molecule has 0 aliphatic carbocycles. The van der Waals surface area contributed by atoms with Gasteiger partial charge in [-0.3, -0.25) is 4.79 Å². The van der Waals surface area contributed by atoms with E-state index in [0.717, 1.165) is 5.56 Å². The molecule has 5 nitrogen and oxygen atoms in total. The van der Waals surface area contributed by atoms with E-state index in [1.165, 1.54) is 0 Å². The van der Waals surface area contributed by atoms with E-state index in [2.05, 4.69) is 5.32 Å². The molecule has 26 heavy (non-hydrogen) atoms. The highest BCUT2D eigenvalue weighted by molar-refractivity contribution is 6.31. The van der Waals surface area contributed by atoms with Gasteiger partial charge in [0, 0.05) is 23.9 Å². The van der Waals surface area contributed by atoms with Crippen molar-refractivity contribution in [2.45, 2.75) is 71.5 Å². The predicted octanol–water partition coefficient (Wildman–Crippen LogP) is 5.07. The summed E-state index contributed by atoms with van der Waals surface area (Å²) in [6.45, 7) is 11.2. The van der Waals surface area contributed by atoms with Gasteiger partial charge in [-0.05, 0) is 59.6 Å². The van der Waals surface area contributed by atoms with Crippen LogP contribution in [0.3, 0.4) is 0 Å². The lowest BCUT2D eigenvalue weighted by molar-refractivity contribution is -0.155. The van der Waals surface area contributed by atoms with Crippen LogP contribution in [0.2, 0.25) is 5.02 Å². The van der Waals surface area contributed by atoms with Gasteiger partial charge in [0.15, 0.2) is 0 Å². The molecule has 0 saturated heterocycles. The van der Waals surface area contributed by atoms with Crippen molar-refractivity contribution in [1.82, 2.24) is 5.32 Å². The third-order valence-corrected chi connectivity index (χ3v) is 3.70. The van der Waals surface area contributed by atoms with Crippen LogP contribution < -0.4 is 5.32 Å². The predicted molar refractivity (Wildman–Crippen MR) is 104 cm³/mol. The number of hydrogen-bond donors (Lipinski definition) is 1. The molecule has 0 bridgehead atoms. The maximum Gasteiger partial charge on any atom is 0.407 e.